The first-order valence-corrected chi connectivity index (χ1v) is 14.2. The van der Waals surface area contributed by atoms with Gasteiger partial charge in [0.15, 0.2) is 18.1 Å². The SMILES string of the molecule is CCOc1cc(/C=C2/SC(=O)N(Cc3cccc4ccccc34)C2=O)c(Br)cc1OCC(=O)Nc1ccccc1. The fourth-order valence-electron chi connectivity index (χ4n) is 4.28. The van der Waals surface area contributed by atoms with Gasteiger partial charge in [0.1, 0.15) is 0 Å². The maximum atomic E-state index is 13.3. The molecule has 4 aromatic rings. The lowest BCUT2D eigenvalue weighted by Gasteiger charge is -2.15. The molecule has 40 heavy (non-hydrogen) atoms. The van der Waals surface area contributed by atoms with Crippen molar-refractivity contribution in [2.45, 2.75) is 13.5 Å². The first kappa shape index (κ1) is 27.5. The molecule has 1 N–H and O–H groups in total. The number of benzene rings is 4. The van der Waals surface area contributed by atoms with E-state index in [0.29, 0.717) is 38.7 Å². The summed E-state index contributed by atoms with van der Waals surface area (Å²) in [6, 6.07) is 26.3. The molecule has 0 aromatic heterocycles. The fraction of sp³-hybridized carbons (Fsp3) is 0.129. The Labute approximate surface area is 244 Å². The molecule has 0 unspecified atom stereocenters. The van der Waals surface area contributed by atoms with Gasteiger partial charge in [0.2, 0.25) is 0 Å². The summed E-state index contributed by atoms with van der Waals surface area (Å²) in [5.41, 5.74) is 2.21. The molecule has 1 fully saturated rings. The van der Waals surface area contributed by atoms with Gasteiger partial charge in [0, 0.05) is 10.2 Å². The molecular formula is C31H25BrN2O5S. The van der Waals surface area contributed by atoms with Crippen LogP contribution in [0.15, 0.2) is 94.3 Å². The summed E-state index contributed by atoms with van der Waals surface area (Å²) in [6.45, 7) is 2.18. The predicted octanol–water partition coefficient (Wildman–Crippen LogP) is 7.26. The topological polar surface area (TPSA) is 84.9 Å². The van der Waals surface area contributed by atoms with E-state index in [2.05, 4.69) is 21.2 Å². The maximum Gasteiger partial charge on any atom is 0.293 e. The average Bonchev–Trinajstić information content (AvgIpc) is 3.22. The van der Waals surface area contributed by atoms with E-state index in [0.717, 1.165) is 28.1 Å². The van der Waals surface area contributed by atoms with Crippen LogP contribution in [0.3, 0.4) is 0 Å². The highest BCUT2D eigenvalue weighted by Gasteiger charge is 2.35. The third-order valence-electron chi connectivity index (χ3n) is 6.15. The number of carbonyl (C=O) groups excluding carboxylic acids is 3. The Morgan fingerprint density at radius 3 is 2.48 bits per heavy atom. The predicted molar refractivity (Wildman–Crippen MR) is 161 cm³/mol. The molecule has 202 valence electrons. The number of rotatable bonds is 9. The second-order valence-electron chi connectivity index (χ2n) is 8.86. The quantitative estimate of drug-likeness (QED) is 0.199. The van der Waals surface area contributed by atoms with Crippen LogP contribution in [0, 0.1) is 0 Å². The summed E-state index contributed by atoms with van der Waals surface area (Å²) in [6.07, 6.45) is 1.66. The van der Waals surface area contributed by atoms with Crippen molar-refractivity contribution in [2.24, 2.45) is 0 Å². The zero-order chi connectivity index (χ0) is 28.1. The van der Waals surface area contributed by atoms with E-state index in [9.17, 15) is 14.4 Å². The molecule has 1 aliphatic heterocycles. The minimum Gasteiger partial charge on any atom is -0.490 e. The number of ether oxygens (including phenoxy) is 2. The van der Waals surface area contributed by atoms with E-state index in [4.69, 9.17) is 9.47 Å². The summed E-state index contributed by atoms with van der Waals surface area (Å²) < 4.78 is 12.1. The lowest BCUT2D eigenvalue weighted by molar-refractivity contribution is -0.123. The Bertz CT molecular complexity index is 1620. The van der Waals surface area contributed by atoms with E-state index >= 15 is 0 Å². The molecular weight excluding hydrogens is 592 g/mol. The Kier molecular flexibility index (Phi) is 8.52. The number of para-hydroxylation sites is 1. The summed E-state index contributed by atoms with van der Waals surface area (Å²) in [7, 11) is 0. The second kappa shape index (κ2) is 12.4. The molecule has 9 heteroatoms. The van der Waals surface area contributed by atoms with Crippen molar-refractivity contribution in [3.05, 3.63) is 105 Å². The molecule has 1 saturated heterocycles. The van der Waals surface area contributed by atoms with E-state index in [1.165, 1.54) is 4.90 Å². The van der Waals surface area contributed by atoms with Crippen molar-refractivity contribution < 1.29 is 23.9 Å². The number of fused-ring (bicyclic) bond motifs is 1. The van der Waals surface area contributed by atoms with Crippen LogP contribution in [0.2, 0.25) is 0 Å². The normalized spacial score (nSPS) is 14.2. The zero-order valence-electron chi connectivity index (χ0n) is 21.6. The molecule has 0 aliphatic carbocycles. The second-order valence-corrected chi connectivity index (χ2v) is 10.7. The van der Waals surface area contributed by atoms with Crippen molar-refractivity contribution >= 4 is 67.3 Å². The number of nitrogens with zero attached hydrogens (tertiary/aromatic N) is 1. The number of nitrogens with one attached hydrogen (secondary N) is 1. The highest BCUT2D eigenvalue weighted by Crippen LogP contribution is 2.39. The van der Waals surface area contributed by atoms with E-state index < -0.39 is 0 Å². The summed E-state index contributed by atoms with van der Waals surface area (Å²) >= 11 is 4.43. The number of halogens is 1. The number of anilines is 1. The highest BCUT2D eigenvalue weighted by molar-refractivity contribution is 9.10. The van der Waals surface area contributed by atoms with E-state index in [-0.39, 0.29) is 30.2 Å². The Hall–Kier alpha value is -4.08. The Balaban J connectivity index is 1.33. The lowest BCUT2D eigenvalue weighted by Crippen LogP contribution is -2.27. The molecule has 0 bridgehead atoms. The van der Waals surface area contributed by atoms with Crippen molar-refractivity contribution in [2.75, 3.05) is 18.5 Å². The third kappa shape index (κ3) is 6.21. The maximum absolute atomic E-state index is 13.3. The van der Waals surface area contributed by atoms with E-state index in [1.54, 1.807) is 30.3 Å². The van der Waals surface area contributed by atoms with Crippen LogP contribution in [-0.2, 0) is 16.1 Å². The van der Waals surface area contributed by atoms with E-state index in [1.807, 2.05) is 67.6 Å². The van der Waals surface area contributed by atoms with Gasteiger partial charge in [0.25, 0.3) is 17.1 Å². The van der Waals surface area contributed by atoms with Gasteiger partial charge < -0.3 is 14.8 Å². The average molecular weight is 618 g/mol. The minimum atomic E-state index is -0.356. The zero-order valence-corrected chi connectivity index (χ0v) is 24.0. The first-order valence-electron chi connectivity index (χ1n) is 12.6. The summed E-state index contributed by atoms with van der Waals surface area (Å²) in [5, 5.41) is 4.51. The number of hydrogen-bond acceptors (Lipinski definition) is 6. The summed E-state index contributed by atoms with van der Waals surface area (Å²) in [5.74, 6) is 0.122. The molecule has 0 saturated carbocycles. The van der Waals surface area contributed by atoms with Crippen LogP contribution in [0.4, 0.5) is 10.5 Å². The Morgan fingerprint density at radius 1 is 0.950 bits per heavy atom. The van der Waals surface area contributed by atoms with Crippen molar-refractivity contribution in [3.63, 3.8) is 0 Å². The highest BCUT2D eigenvalue weighted by atomic mass is 79.9. The van der Waals surface area contributed by atoms with Gasteiger partial charge in [-0.1, -0.05) is 76.6 Å². The molecule has 3 amide bonds. The molecule has 5 rings (SSSR count). The molecule has 4 aromatic carbocycles. The number of amides is 3. The molecule has 0 spiro atoms. The van der Waals surface area contributed by atoms with Crippen LogP contribution in [0.5, 0.6) is 11.5 Å². The van der Waals surface area contributed by atoms with Crippen molar-refractivity contribution in [3.8, 4) is 11.5 Å². The number of hydrogen-bond donors (Lipinski definition) is 1. The molecule has 1 aliphatic rings. The van der Waals surface area contributed by atoms with Crippen LogP contribution < -0.4 is 14.8 Å². The third-order valence-corrected chi connectivity index (χ3v) is 7.74. The van der Waals surface area contributed by atoms with Gasteiger partial charge in [-0.15, -0.1) is 0 Å². The molecule has 0 atom stereocenters. The van der Waals surface area contributed by atoms with Gasteiger partial charge in [-0.05, 0) is 70.9 Å². The number of imide groups is 1. The van der Waals surface area contributed by atoms with Crippen molar-refractivity contribution in [1.82, 2.24) is 4.90 Å². The van der Waals surface area contributed by atoms with Gasteiger partial charge in [-0.25, -0.2) is 0 Å². The summed E-state index contributed by atoms with van der Waals surface area (Å²) in [4.78, 5) is 40.1. The Morgan fingerprint density at radius 2 is 1.68 bits per heavy atom. The molecule has 1 heterocycles. The van der Waals surface area contributed by atoms with Crippen molar-refractivity contribution in [1.29, 1.82) is 0 Å². The van der Waals surface area contributed by atoms with Gasteiger partial charge in [0.05, 0.1) is 18.1 Å². The van der Waals surface area contributed by atoms with Crippen LogP contribution in [0.1, 0.15) is 18.1 Å². The molecule has 7 nitrogen and oxygen atoms in total. The lowest BCUT2D eigenvalue weighted by atomic mass is 10.0. The minimum absolute atomic E-state index is 0.187. The fourth-order valence-corrected chi connectivity index (χ4v) is 5.55. The van der Waals surface area contributed by atoms with Crippen LogP contribution >= 0.6 is 27.7 Å². The number of carbonyl (C=O) groups is 3. The van der Waals surface area contributed by atoms with Gasteiger partial charge in [-0.2, -0.15) is 0 Å². The smallest absolute Gasteiger partial charge is 0.293 e. The largest absolute Gasteiger partial charge is 0.490 e. The molecule has 0 radical (unpaired) electrons. The number of thioether (sulfide) groups is 1. The van der Waals surface area contributed by atoms with Crippen LogP contribution in [0.25, 0.3) is 16.8 Å². The van der Waals surface area contributed by atoms with Gasteiger partial charge >= 0.3 is 0 Å². The first-order chi connectivity index (χ1) is 19.4. The van der Waals surface area contributed by atoms with Gasteiger partial charge in [-0.3, -0.25) is 19.3 Å². The standard InChI is InChI=1S/C31H25BrN2O5S/c1-2-38-26-15-22(25(32)17-27(26)39-19-29(35)33-23-12-4-3-5-13-23)16-28-30(36)34(31(37)40-28)18-21-11-8-10-20-9-6-7-14-24(20)21/h3-17H,2,18-19H2,1H3,(H,33,35)/b28-16+. The van der Waals surface area contributed by atoms with Crippen LogP contribution in [-0.4, -0.2) is 35.2 Å². The monoisotopic (exact) mass is 616 g/mol.